The largest absolute Gasteiger partial charge is 0.336 e. The SMILES string of the molecule is Fc1ccccc1Nc1nnnc2ccccc12. The van der Waals surface area contributed by atoms with Crippen LogP contribution in [0.25, 0.3) is 10.9 Å². The molecule has 0 fully saturated rings. The summed E-state index contributed by atoms with van der Waals surface area (Å²) in [7, 11) is 0. The van der Waals surface area contributed by atoms with E-state index in [1.54, 1.807) is 18.2 Å². The number of fused-ring (bicyclic) bond motifs is 1. The third kappa shape index (κ3) is 1.86. The highest BCUT2D eigenvalue weighted by Gasteiger charge is 2.06. The Labute approximate surface area is 102 Å². The van der Waals surface area contributed by atoms with Crippen molar-refractivity contribution in [2.75, 3.05) is 5.32 Å². The van der Waals surface area contributed by atoms with Gasteiger partial charge in [-0.1, -0.05) is 24.3 Å². The van der Waals surface area contributed by atoms with Crippen LogP contribution in [0.2, 0.25) is 0 Å². The van der Waals surface area contributed by atoms with Crippen molar-refractivity contribution in [3.8, 4) is 0 Å². The molecule has 0 amide bonds. The first kappa shape index (κ1) is 10.6. The van der Waals surface area contributed by atoms with E-state index in [0.29, 0.717) is 17.0 Å². The quantitative estimate of drug-likeness (QED) is 0.748. The molecule has 2 aromatic carbocycles. The topological polar surface area (TPSA) is 50.7 Å². The molecule has 0 aliphatic rings. The second-order valence-corrected chi connectivity index (χ2v) is 3.76. The highest BCUT2D eigenvalue weighted by atomic mass is 19.1. The molecule has 18 heavy (non-hydrogen) atoms. The highest BCUT2D eigenvalue weighted by Crippen LogP contribution is 2.23. The van der Waals surface area contributed by atoms with Crippen molar-refractivity contribution in [2.45, 2.75) is 0 Å². The molecule has 0 atom stereocenters. The van der Waals surface area contributed by atoms with Crippen molar-refractivity contribution in [3.05, 3.63) is 54.3 Å². The van der Waals surface area contributed by atoms with E-state index in [9.17, 15) is 4.39 Å². The predicted molar refractivity (Wildman–Crippen MR) is 67.0 cm³/mol. The molecule has 3 aromatic rings. The number of benzene rings is 2. The van der Waals surface area contributed by atoms with E-state index in [1.165, 1.54) is 6.07 Å². The van der Waals surface area contributed by atoms with Gasteiger partial charge in [-0.15, -0.1) is 10.2 Å². The number of nitrogens with zero attached hydrogens (tertiary/aromatic N) is 3. The third-order valence-electron chi connectivity index (χ3n) is 2.58. The first-order valence-corrected chi connectivity index (χ1v) is 5.44. The Balaban J connectivity index is 2.08. The summed E-state index contributed by atoms with van der Waals surface area (Å²) in [5.41, 5.74) is 1.08. The average Bonchev–Trinajstić information content (AvgIpc) is 2.42. The van der Waals surface area contributed by atoms with Crippen molar-refractivity contribution >= 4 is 22.4 Å². The normalized spacial score (nSPS) is 10.5. The minimum absolute atomic E-state index is 0.333. The fourth-order valence-electron chi connectivity index (χ4n) is 1.71. The van der Waals surface area contributed by atoms with Gasteiger partial charge in [-0.25, -0.2) is 4.39 Å². The zero-order chi connectivity index (χ0) is 12.4. The molecule has 88 valence electrons. The van der Waals surface area contributed by atoms with Gasteiger partial charge in [0, 0.05) is 5.39 Å². The van der Waals surface area contributed by atoms with Gasteiger partial charge in [0.2, 0.25) is 0 Å². The molecular formula is C13H9FN4. The Morgan fingerprint density at radius 1 is 0.889 bits per heavy atom. The Morgan fingerprint density at radius 2 is 1.67 bits per heavy atom. The van der Waals surface area contributed by atoms with Crippen LogP contribution < -0.4 is 5.32 Å². The molecule has 0 aliphatic carbocycles. The Kier molecular flexibility index (Phi) is 2.57. The van der Waals surface area contributed by atoms with Crippen molar-refractivity contribution < 1.29 is 4.39 Å². The predicted octanol–water partition coefficient (Wildman–Crippen LogP) is 2.91. The van der Waals surface area contributed by atoms with Crippen LogP contribution in [-0.4, -0.2) is 15.4 Å². The number of aromatic nitrogens is 3. The lowest BCUT2D eigenvalue weighted by molar-refractivity contribution is 0.631. The number of nitrogens with one attached hydrogen (secondary N) is 1. The summed E-state index contributed by atoms with van der Waals surface area (Å²) in [5, 5.41) is 15.2. The molecule has 4 nitrogen and oxygen atoms in total. The van der Waals surface area contributed by atoms with Crippen LogP contribution in [0, 0.1) is 5.82 Å². The fourth-order valence-corrected chi connectivity index (χ4v) is 1.71. The van der Waals surface area contributed by atoms with Gasteiger partial charge in [0.25, 0.3) is 0 Å². The van der Waals surface area contributed by atoms with Gasteiger partial charge in [0.05, 0.1) is 11.2 Å². The molecule has 0 unspecified atom stereocenters. The van der Waals surface area contributed by atoms with Gasteiger partial charge in [0.1, 0.15) is 5.82 Å². The summed E-state index contributed by atoms with van der Waals surface area (Å²) in [5.74, 6) is 0.158. The Hall–Kier alpha value is -2.56. The Morgan fingerprint density at radius 3 is 2.56 bits per heavy atom. The van der Waals surface area contributed by atoms with Crippen LogP contribution in [0.15, 0.2) is 48.5 Å². The van der Waals surface area contributed by atoms with Gasteiger partial charge in [-0.05, 0) is 29.5 Å². The van der Waals surface area contributed by atoms with E-state index in [0.717, 1.165) is 5.39 Å². The van der Waals surface area contributed by atoms with Gasteiger partial charge in [-0.2, -0.15) is 0 Å². The standard InChI is InChI=1S/C13H9FN4/c14-10-6-2-4-8-12(10)15-13-9-5-1-3-7-11(9)16-18-17-13/h1-8H,(H,15,16,17). The monoisotopic (exact) mass is 240 g/mol. The van der Waals surface area contributed by atoms with E-state index >= 15 is 0 Å². The van der Waals surface area contributed by atoms with Crippen molar-refractivity contribution in [1.29, 1.82) is 0 Å². The molecule has 3 rings (SSSR count). The zero-order valence-corrected chi connectivity index (χ0v) is 9.34. The van der Waals surface area contributed by atoms with Crippen molar-refractivity contribution in [1.82, 2.24) is 15.4 Å². The molecule has 0 saturated carbocycles. The van der Waals surface area contributed by atoms with Crippen LogP contribution in [0.3, 0.4) is 0 Å². The lowest BCUT2D eigenvalue weighted by Gasteiger charge is -2.07. The first-order valence-electron chi connectivity index (χ1n) is 5.44. The molecule has 5 heteroatoms. The van der Waals surface area contributed by atoms with E-state index in [1.807, 2.05) is 24.3 Å². The molecule has 1 N–H and O–H groups in total. The molecule has 1 heterocycles. The molecule has 0 aliphatic heterocycles. The average molecular weight is 240 g/mol. The molecular weight excluding hydrogens is 231 g/mol. The van der Waals surface area contributed by atoms with Crippen LogP contribution in [0.4, 0.5) is 15.9 Å². The number of rotatable bonds is 2. The van der Waals surface area contributed by atoms with Crippen LogP contribution >= 0.6 is 0 Å². The van der Waals surface area contributed by atoms with E-state index in [4.69, 9.17) is 0 Å². The second-order valence-electron chi connectivity index (χ2n) is 3.76. The van der Waals surface area contributed by atoms with E-state index in [-0.39, 0.29) is 5.82 Å². The fraction of sp³-hybridized carbons (Fsp3) is 0. The summed E-state index contributed by atoms with van der Waals surface area (Å²) in [4.78, 5) is 0. The maximum absolute atomic E-state index is 13.5. The lowest BCUT2D eigenvalue weighted by Crippen LogP contribution is -2.00. The van der Waals surface area contributed by atoms with E-state index < -0.39 is 0 Å². The third-order valence-corrected chi connectivity index (χ3v) is 2.58. The lowest BCUT2D eigenvalue weighted by atomic mass is 10.2. The summed E-state index contributed by atoms with van der Waals surface area (Å²) in [6.07, 6.45) is 0. The van der Waals surface area contributed by atoms with Gasteiger partial charge >= 0.3 is 0 Å². The van der Waals surface area contributed by atoms with Gasteiger partial charge in [0.15, 0.2) is 5.82 Å². The minimum atomic E-state index is -0.333. The summed E-state index contributed by atoms with van der Waals surface area (Å²) in [6, 6.07) is 13.9. The number of para-hydroxylation sites is 1. The molecule has 0 saturated heterocycles. The second kappa shape index (κ2) is 4.37. The maximum atomic E-state index is 13.5. The summed E-state index contributed by atoms with van der Waals surface area (Å²) >= 11 is 0. The number of halogens is 1. The van der Waals surface area contributed by atoms with Gasteiger partial charge in [-0.3, -0.25) is 0 Å². The van der Waals surface area contributed by atoms with Crippen molar-refractivity contribution in [3.63, 3.8) is 0 Å². The maximum Gasteiger partial charge on any atom is 0.164 e. The van der Waals surface area contributed by atoms with Crippen molar-refractivity contribution in [2.24, 2.45) is 0 Å². The number of hydrogen-bond acceptors (Lipinski definition) is 4. The van der Waals surface area contributed by atoms with Crippen LogP contribution in [0.1, 0.15) is 0 Å². The Bertz CT molecular complexity index is 694. The number of hydrogen-bond donors (Lipinski definition) is 1. The first-order chi connectivity index (χ1) is 8.84. The number of anilines is 2. The molecule has 0 bridgehead atoms. The molecule has 0 radical (unpaired) electrons. The highest BCUT2D eigenvalue weighted by molar-refractivity contribution is 5.89. The molecule has 1 aromatic heterocycles. The summed E-state index contributed by atoms with van der Waals surface area (Å²) < 4.78 is 13.5. The summed E-state index contributed by atoms with van der Waals surface area (Å²) in [6.45, 7) is 0. The van der Waals surface area contributed by atoms with E-state index in [2.05, 4.69) is 20.7 Å². The van der Waals surface area contributed by atoms with Crippen LogP contribution in [-0.2, 0) is 0 Å². The smallest absolute Gasteiger partial charge is 0.164 e. The van der Waals surface area contributed by atoms with Crippen LogP contribution in [0.5, 0.6) is 0 Å². The van der Waals surface area contributed by atoms with Gasteiger partial charge < -0.3 is 5.32 Å². The zero-order valence-electron chi connectivity index (χ0n) is 9.34. The minimum Gasteiger partial charge on any atom is -0.336 e. The molecule has 0 spiro atoms.